The standard InChI is InChI=1S/C14H20N2O/c15-13-4-1-5-14-12(13)3-2-8-16(14)11-6-9-17-10-7-11/h1,4-5,11H,2-3,6-10,15H2. The van der Waals surface area contributed by atoms with Crippen molar-refractivity contribution < 1.29 is 4.74 Å². The van der Waals surface area contributed by atoms with E-state index in [0.29, 0.717) is 6.04 Å². The van der Waals surface area contributed by atoms with Gasteiger partial charge in [0.2, 0.25) is 0 Å². The smallest absolute Gasteiger partial charge is 0.0485 e. The van der Waals surface area contributed by atoms with Gasteiger partial charge < -0.3 is 15.4 Å². The molecule has 0 saturated carbocycles. The Labute approximate surface area is 103 Å². The summed E-state index contributed by atoms with van der Waals surface area (Å²) in [6, 6.07) is 6.96. The normalized spacial score (nSPS) is 21.3. The highest BCUT2D eigenvalue weighted by atomic mass is 16.5. The average Bonchev–Trinajstić information content (AvgIpc) is 2.40. The van der Waals surface area contributed by atoms with Crippen LogP contribution in [0, 0.1) is 0 Å². The van der Waals surface area contributed by atoms with Gasteiger partial charge in [-0.3, -0.25) is 0 Å². The van der Waals surface area contributed by atoms with Crippen LogP contribution in [0.2, 0.25) is 0 Å². The number of nitrogens with zero attached hydrogens (tertiary/aromatic N) is 1. The second-order valence-corrected chi connectivity index (χ2v) is 4.99. The third-order valence-electron chi connectivity index (χ3n) is 3.95. The van der Waals surface area contributed by atoms with Crippen molar-refractivity contribution in [3.05, 3.63) is 23.8 Å². The predicted octanol–water partition coefficient (Wildman–Crippen LogP) is 2.20. The fraction of sp³-hybridized carbons (Fsp3) is 0.571. The van der Waals surface area contributed by atoms with Crippen molar-refractivity contribution >= 4 is 11.4 Å². The highest BCUT2D eigenvalue weighted by molar-refractivity contribution is 5.66. The molecule has 0 amide bonds. The molecule has 0 unspecified atom stereocenters. The van der Waals surface area contributed by atoms with Gasteiger partial charge in [-0.15, -0.1) is 0 Å². The van der Waals surface area contributed by atoms with Crippen molar-refractivity contribution in [2.45, 2.75) is 31.7 Å². The van der Waals surface area contributed by atoms with Gasteiger partial charge in [0.1, 0.15) is 0 Å². The minimum atomic E-state index is 0.643. The van der Waals surface area contributed by atoms with Crippen molar-refractivity contribution in [1.82, 2.24) is 0 Å². The average molecular weight is 232 g/mol. The van der Waals surface area contributed by atoms with Gasteiger partial charge in [0.25, 0.3) is 0 Å². The van der Waals surface area contributed by atoms with Gasteiger partial charge in [-0.1, -0.05) is 6.07 Å². The molecular weight excluding hydrogens is 212 g/mol. The summed E-state index contributed by atoms with van der Waals surface area (Å²) in [5.41, 5.74) is 9.76. The molecule has 2 N–H and O–H groups in total. The SMILES string of the molecule is Nc1cccc2c1CCCN2C1CCOCC1. The Hall–Kier alpha value is -1.22. The molecule has 0 aromatic heterocycles. The van der Waals surface area contributed by atoms with E-state index < -0.39 is 0 Å². The molecule has 1 aromatic carbocycles. The van der Waals surface area contributed by atoms with E-state index in [4.69, 9.17) is 10.5 Å². The van der Waals surface area contributed by atoms with Gasteiger partial charge in [-0.2, -0.15) is 0 Å². The zero-order valence-electron chi connectivity index (χ0n) is 10.2. The van der Waals surface area contributed by atoms with Gasteiger partial charge >= 0.3 is 0 Å². The van der Waals surface area contributed by atoms with Crippen LogP contribution in [0.5, 0.6) is 0 Å². The number of fused-ring (bicyclic) bond motifs is 1. The molecule has 3 nitrogen and oxygen atoms in total. The van der Waals surface area contributed by atoms with Gasteiger partial charge in [-0.05, 0) is 43.4 Å². The Bertz CT molecular complexity index is 399. The van der Waals surface area contributed by atoms with E-state index in [1.54, 1.807) is 0 Å². The summed E-state index contributed by atoms with van der Waals surface area (Å²) in [6.07, 6.45) is 4.64. The molecule has 3 rings (SSSR count). The van der Waals surface area contributed by atoms with Crippen LogP contribution in [0.1, 0.15) is 24.8 Å². The lowest BCUT2D eigenvalue weighted by molar-refractivity contribution is 0.0841. The molecule has 0 spiro atoms. The van der Waals surface area contributed by atoms with Crippen LogP contribution in [0.15, 0.2) is 18.2 Å². The lowest BCUT2D eigenvalue weighted by Crippen LogP contribution is -2.42. The van der Waals surface area contributed by atoms with Crippen molar-refractivity contribution in [3.8, 4) is 0 Å². The Kier molecular flexibility index (Phi) is 2.93. The largest absolute Gasteiger partial charge is 0.398 e. The molecule has 1 fully saturated rings. The van der Waals surface area contributed by atoms with Crippen LogP contribution in [-0.4, -0.2) is 25.8 Å². The van der Waals surface area contributed by atoms with Crippen molar-refractivity contribution in [2.75, 3.05) is 30.4 Å². The fourth-order valence-corrected chi connectivity index (χ4v) is 3.06. The molecule has 0 bridgehead atoms. The summed E-state index contributed by atoms with van der Waals surface area (Å²) in [4.78, 5) is 2.55. The molecule has 3 heteroatoms. The summed E-state index contributed by atoms with van der Waals surface area (Å²) in [6.45, 7) is 2.97. The van der Waals surface area contributed by atoms with E-state index >= 15 is 0 Å². The van der Waals surface area contributed by atoms with E-state index in [1.165, 1.54) is 24.2 Å². The zero-order chi connectivity index (χ0) is 11.7. The maximum atomic E-state index is 6.08. The maximum absolute atomic E-state index is 6.08. The van der Waals surface area contributed by atoms with Crippen LogP contribution in [0.3, 0.4) is 0 Å². The monoisotopic (exact) mass is 232 g/mol. The molecular formula is C14H20N2O. The van der Waals surface area contributed by atoms with Gasteiger partial charge in [0, 0.05) is 37.2 Å². The lowest BCUT2D eigenvalue weighted by atomic mass is 9.96. The van der Waals surface area contributed by atoms with E-state index in [0.717, 1.165) is 38.2 Å². The molecule has 0 radical (unpaired) electrons. The lowest BCUT2D eigenvalue weighted by Gasteiger charge is -2.40. The number of nitrogens with two attached hydrogens (primary N) is 1. The third-order valence-corrected chi connectivity index (χ3v) is 3.95. The Balaban J connectivity index is 1.90. The number of rotatable bonds is 1. The van der Waals surface area contributed by atoms with Crippen LogP contribution in [0.4, 0.5) is 11.4 Å². The van der Waals surface area contributed by atoms with E-state index in [1.807, 2.05) is 6.07 Å². The van der Waals surface area contributed by atoms with E-state index in [-0.39, 0.29) is 0 Å². The number of hydrogen-bond acceptors (Lipinski definition) is 3. The summed E-state index contributed by atoms with van der Waals surface area (Å²) in [5.74, 6) is 0. The summed E-state index contributed by atoms with van der Waals surface area (Å²) in [7, 11) is 0. The number of nitrogen functional groups attached to an aromatic ring is 1. The molecule has 2 aliphatic heterocycles. The highest BCUT2D eigenvalue weighted by Gasteiger charge is 2.26. The first-order valence-corrected chi connectivity index (χ1v) is 6.58. The maximum Gasteiger partial charge on any atom is 0.0485 e. The second-order valence-electron chi connectivity index (χ2n) is 4.99. The van der Waals surface area contributed by atoms with Gasteiger partial charge in [0.05, 0.1) is 0 Å². The molecule has 92 valence electrons. The second kappa shape index (κ2) is 4.57. The quantitative estimate of drug-likeness (QED) is 0.754. The number of ether oxygens (including phenoxy) is 1. The van der Waals surface area contributed by atoms with Crippen molar-refractivity contribution in [2.24, 2.45) is 0 Å². The topological polar surface area (TPSA) is 38.5 Å². The van der Waals surface area contributed by atoms with Gasteiger partial charge in [0.15, 0.2) is 0 Å². The molecule has 0 atom stereocenters. The molecule has 1 saturated heterocycles. The first kappa shape index (κ1) is 10.9. The predicted molar refractivity (Wildman–Crippen MR) is 70.4 cm³/mol. The molecule has 1 aromatic rings. The van der Waals surface area contributed by atoms with Crippen molar-refractivity contribution in [1.29, 1.82) is 0 Å². The zero-order valence-corrected chi connectivity index (χ0v) is 10.2. The molecule has 2 heterocycles. The summed E-state index contributed by atoms with van der Waals surface area (Å²) >= 11 is 0. The highest BCUT2D eigenvalue weighted by Crippen LogP contribution is 2.34. The number of anilines is 2. The van der Waals surface area contributed by atoms with Crippen LogP contribution < -0.4 is 10.6 Å². The number of benzene rings is 1. The number of hydrogen-bond donors (Lipinski definition) is 1. The minimum absolute atomic E-state index is 0.643. The van der Waals surface area contributed by atoms with Crippen LogP contribution in [-0.2, 0) is 11.2 Å². The Morgan fingerprint density at radius 2 is 2.06 bits per heavy atom. The molecule has 2 aliphatic rings. The van der Waals surface area contributed by atoms with E-state index in [9.17, 15) is 0 Å². The Morgan fingerprint density at radius 1 is 1.24 bits per heavy atom. The first-order valence-electron chi connectivity index (χ1n) is 6.58. The van der Waals surface area contributed by atoms with Gasteiger partial charge in [-0.25, -0.2) is 0 Å². The summed E-state index contributed by atoms with van der Waals surface area (Å²) < 4.78 is 5.45. The van der Waals surface area contributed by atoms with Crippen molar-refractivity contribution in [3.63, 3.8) is 0 Å². The minimum Gasteiger partial charge on any atom is -0.398 e. The van der Waals surface area contributed by atoms with Crippen LogP contribution in [0.25, 0.3) is 0 Å². The van der Waals surface area contributed by atoms with E-state index in [2.05, 4.69) is 17.0 Å². The first-order chi connectivity index (χ1) is 8.36. The Morgan fingerprint density at radius 3 is 2.88 bits per heavy atom. The van der Waals surface area contributed by atoms with Crippen LogP contribution >= 0.6 is 0 Å². The summed E-state index contributed by atoms with van der Waals surface area (Å²) in [5, 5.41) is 0. The molecule has 17 heavy (non-hydrogen) atoms. The fourth-order valence-electron chi connectivity index (χ4n) is 3.06. The third kappa shape index (κ3) is 2.00. The molecule has 0 aliphatic carbocycles.